The summed E-state index contributed by atoms with van der Waals surface area (Å²) in [6, 6.07) is 2.21. The highest BCUT2D eigenvalue weighted by molar-refractivity contribution is 5.76. The second-order valence-electron chi connectivity index (χ2n) is 7.12. The van der Waals surface area contributed by atoms with Gasteiger partial charge in [0, 0.05) is 36.8 Å². The van der Waals surface area contributed by atoms with Gasteiger partial charge in [0.1, 0.15) is 17.4 Å². The minimum Gasteiger partial charge on any atom is -0.497 e. The van der Waals surface area contributed by atoms with Crippen LogP contribution < -0.4 is 4.74 Å². The first-order valence-corrected chi connectivity index (χ1v) is 8.55. The number of nitrogens with zero attached hydrogens (tertiary/aromatic N) is 2. The predicted molar refractivity (Wildman–Crippen MR) is 88.5 cm³/mol. The number of piperidine rings is 2. The smallest absolute Gasteiger partial charge is 0.311 e. The molecule has 0 saturated carbocycles. The number of benzene rings is 1. The topological polar surface area (TPSA) is 53.0 Å². The van der Waals surface area contributed by atoms with Crippen molar-refractivity contribution in [3.63, 3.8) is 0 Å². The third-order valence-corrected chi connectivity index (χ3v) is 5.77. The molecular weight excluding hydrogens is 330 g/mol. The lowest BCUT2D eigenvalue weighted by Gasteiger charge is -2.51. The average Bonchev–Trinajstić information content (AvgIpc) is 2.58. The zero-order valence-corrected chi connectivity index (χ0v) is 14.6. The number of fused-ring (bicyclic) bond motifs is 1. The molecule has 2 aliphatic heterocycles. The van der Waals surface area contributed by atoms with E-state index in [4.69, 9.17) is 4.74 Å². The van der Waals surface area contributed by atoms with Crippen molar-refractivity contribution in [3.05, 3.63) is 29.3 Å². The molecular formula is C18H24F2N2O3. The molecule has 0 unspecified atom stereocenters. The second-order valence-corrected chi connectivity index (χ2v) is 7.12. The van der Waals surface area contributed by atoms with E-state index < -0.39 is 23.0 Å². The van der Waals surface area contributed by atoms with Crippen LogP contribution >= 0.6 is 0 Å². The molecule has 0 aliphatic carbocycles. The summed E-state index contributed by atoms with van der Waals surface area (Å²) in [5, 5.41) is 9.78. The van der Waals surface area contributed by atoms with Crippen molar-refractivity contribution in [1.29, 1.82) is 0 Å². The number of hydrogen-bond donors (Lipinski definition) is 1. The fraction of sp³-hybridized carbons (Fsp3) is 0.611. The van der Waals surface area contributed by atoms with E-state index in [1.54, 1.807) is 0 Å². The molecule has 2 saturated heterocycles. The summed E-state index contributed by atoms with van der Waals surface area (Å²) in [6.07, 6.45) is 2.02. The Kier molecular flexibility index (Phi) is 4.97. The van der Waals surface area contributed by atoms with Crippen LogP contribution in [-0.2, 0) is 11.3 Å². The molecule has 1 N–H and O–H groups in total. The number of methoxy groups -OCH3 is 1. The van der Waals surface area contributed by atoms with Gasteiger partial charge in [-0.25, -0.2) is 8.78 Å². The van der Waals surface area contributed by atoms with Crippen molar-refractivity contribution in [2.45, 2.75) is 31.8 Å². The van der Waals surface area contributed by atoms with Crippen molar-refractivity contribution in [2.75, 3.05) is 33.8 Å². The first-order valence-electron chi connectivity index (χ1n) is 8.55. The van der Waals surface area contributed by atoms with Crippen molar-refractivity contribution in [2.24, 2.45) is 5.41 Å². The maximum Gasteiger partial charge on any atom is 0.311 e. The third kappa shape index (κ3) is 3.22. The van der Waals surface area contributed by atoms with E-state index in [0.717, 1.165) is 13.0 Å². The van der Waals surface area contributed by atoms with Crippen LogP contribution in [0.2, 0.25) is 0 Å². The normalized spacial score (nSPS) is 27.8. The molecule has 1 aromatic carbocycles. The minimum atomic E-state index is -0.759. The Labute approximate surface area is 146 Å². The van der Waals surface area contributed by atoms with Crippen LogP contribution in [0.4, 0.5) is 8.78 Å². The Bertz CT molecular complexity index is 647. The fourth-order valence-electron chi connectivity index (χ4n) is 4.26. The van der Waals surface area contributed by atoms with Crippen LogP contribution in [0, 0.1) is 17.0 Å². The fourth-order valence-corrected chi connectivity index (χ4v) is 4.26. The SMILES string of the molecule is COc1cc(F)c(CN2CC[C@@]3(C(=O)O)CCCN(C)[C@@H]3C2)c(F)c1. The van der Waals surface area contributed by atoms with Gasteiger partial charge >= 0.3 is 5.97 Å². The van der Waals surface area contributed by atoms with E-state index in [1.807, 2.05) is 11.9 Å². The molecule has 5 nitrogen and oxygen atoms in total. The van der Waals surface area contributed by atoms with Crippen LogP contribution in [0.1, 0.15) is 24.8 Å². The Balaban J connectivity index is 1.80. The second kappa shape index (κ2) is 6.88. The van der Waals surface area contributed by atoms with Crippen molar-refractivity contribution in [3.8, 4) is 5.75 Å². The van der Waals surface area contributed by atoms with Crippen LogP contribution in [0.3, 0.4) is 0 Å². The van der Waals surface area contributed by atoms with Crippen LogP contribution in [0.15, 0.2) is 12.1 Å². The summed E-state index contributed by atoms with van der Waals surface area (Å²) < 4.78 is 33.3. The highest BCUT2D eigenvalue weighted by Gasteiger charge is 2.52. The minimum absolute atomic E-state index is 0.00193. The van der Waals surface area contributed by atoms with Crippen LogP contribution in [0.5, 0.6) is 5.75 Å². The molecule has 2 fully saturated rings. The summed E-state index contributed by atoms with van der Waals surface area (Å²) in [7, 11) is 3.29. The highest BCUT2D eigenvalue weighted by Crippen LogP contribution is 2.42. The summed E-state index contributed by atoms with van der Waals surface area (Å²) in [5.41, 5.74) is -0.748. The molecule has 2 heterocycles. The molecule has 3 rings (SSSR count). The molecule has 2 aliphatic rings. The number of rotatable bonds is 4. The van der Waals surface area contributed by atoms with Crippen molar-refractivity contribution < 1.29 is 23.4 Å². The zero-order chi connectivity index (χ0) is 18.2. The number of hydrogen-bond acceptors (Lipinski definition) is 4. The molecule has 7 heteroatoms. The number of carboxylic acid groups (broad SMARTS) is 1. The number of halogens is 2. The zero-order valence-electron chi connectivity index (χ0n) is 14.6. The molecule has 25 heavy (non-hydrogen) atoms. The molecule has 0 bridgehead atoms. The van der Waals surface area contributed by atoms with Crippen molar-refractivity contribution in [1.82, 2.24) is 9.80 Å². The Morgan fingerprint density at radius 2 is 2.00 bits per heavy atom. The summed E-state index contributed by atoms with van der Waals surface area (Å²) >= 11 is 0. The van der Waals surface area contributed by atoms with Gasteiger partial charge in [-0.1, -0.05) is 0 Å². The van der Waals surface area contributed by atoms with Gasteiger partial charge in [0.2, 0.25) is 0 Å². The molecule has 2 atom stereocenters. The number of carbonyl (C=O) groups is 1. The molecule has 0 radical (unpaired) electrons. The lowest BCUT2D eigenvalue weighted by atomic mass is 9.68. The van der Waals surface area contributed by atoms with Gasteiger partial charge in [0.15, 0.2) is 0 Å². The Morgan fingerprint density at radius 3 is 2.60 bits per heavy atom. The van der Waals surface area contributed by atoms with Gasteiger partial charge < -0.3 is 14.7 Å². The van der Waals surface area contributed by atoms with Crippen LogP contribution in [-0.4, -0.2) is 60.7 Å². The first-order chi connectivity index (χ1) is 11.9. The summed E-state index contributed by atoms with van der Waals surface area (Å²) in [6.45, 7) is 1.98. The van der Waals surface area contributed by atoms with E-state index in [0.29, 0.717) is 25.9 Å². The number of aliphatic carboxylic acids is 1. The number of likely N-dealkylation sites (N-methyl/N-ethyl adjacent to an activating group) is 1. The van der Waals surface area contributed by atoms with Gasteiger partial charge in [-0.05, 0) is 39.4 Å². The maximum absolute atomic E-state index is 14.2. The standard InChI is InChI=1S/C18H24F2N2O3/c1-21-6-3-4-18(17(23)24)5-7-22(11-16(18)21)10-13-14(19)8-12(25-2)9-15(13)20/h8-9,16H,3-7,10-11H2,1-2H3,(H,23,24)/t16-,18+/m1/s1. The average molecular weight is 354 g/mol. The van der Waals surface area contributed by atoms with Gasteiger partial charge in [-0.15, -0.1) is 0 Å². The van der Waals surface area contributed by atoms with E-state index in [-0.39, 0.29) is 23.9 Å². The predicted octanol–water partition coefficient (Wildman–Crippen LogP) is 2.34. The van der Waals surface area contributed by atoms with E-state index in [1.165, 1.54) is 19.2 Å². The molecule has 0 amide bonds. The van der Waals surface area contributed by atoms with Gasteiger partial charge in [0.05, 0.1) is 12.5 Å². The number of carboxylic acids is 1. The monoisotopic (exact) mass is 354 g/mol. The van der Waals surface area contributed by atoms with E-state index in [9.17, 15) is 18.7 Å². The largest absolute Gasteiger partial charge is 0.497 e. The molecule has 0 aromatic heterocycles. The summed E-state index contributed by atoms with van der Waals surface area (Å²) in [5.74, 6) is -1.88. The summed E-state index contributed by atoms with van der Waals surface area (Å²) in [4.78, 5) is 15.9. The molecule has 1 aromatic rings. The van der Waals surface area contributed by atoms with E-state index in [2.05, 4.69) is 4.90 Å². The molecule has 138 valence electrons. The highest BCUT2D eigenvalue weighted by atomic mass is 19.1. The van der Waals surface area contributed by atoms with Gasteiger partial charge in [-0.2, -0.15) is 0 Å². The lowest BCUT2D eigenvalue weighted by Crippen LogP contribution is -2.62. The number of likely N-dealkylation sites (tertiary alicyclic amines) is 2. The Morgan fingerprint density at radius 1 is 1.32 bits per heavy atom. The van der Waals surface area contributed by atoms with Crippen molar-refractivity contribution >= 4 is 5.97 Å². The maximum atomic E-state index is 14.2. The quantitative estimate of drug-likeness (QED) is 0.900. The van der Waals surface area contributed by atoms with E-state index >= 15 is 0 Å². The molecule has 0 spiro atoms. The first kappa shape index (κ1) is 18.1. The lowest BCUT2D eigenvalue weighted by molar-refractivity contribution is -0.162. The number of ether oxygens (including phenoxy) is 1. The van der Waals surface area contributed by atoms with Gasteiger partial charge in [-0.3, -0.25) is 9.69 Å². The Hall–Kier alpha value is -1.73. The van der Waals surface area contributed by atoms with Crippen LogP contribution in [0.25, 0.3) is 0 Å². The third-order valence-electron chi connectivity index (χ3n) is 5.77. The van der Waals surface area contributed by atoms with Gasteiger partial charge in [0.25, 0.3) is 0 Å².